The van der Waals surface area contributed by atoms with Crippen molar-refractivity contribution in [1.29, 1.82) is 0 Å². The van der Waals surface area contributed by atoms with Crippen molar-refractivity contribution in [3.8, 4) is 11.5 Å². The largest absolute Gasteiger partial charge is 0.486 e. The van der Waals surface area contributed by atoms with E-state index in [2.05, 4.69) is 15.5 Å². The fourth-order valence-electron chi connectivity index (χ4n) is 2.33. The van der Waals surface area contributed by atoms with Gasteiger partial charge in [-0.15, -0.1) is 0 Å². The van der Waals surface area contributed by atoms with Crippen molar-refractivity contribution < 1.29 is 14.2 Å². The van der Waals surface area contributed by atoms with Crippen molar-refractivity contribution in [2.24, 2.45) is 0 Å². The van der Waals surface area contributed by atoms with Crippen molar-refractivity contribution in [1.82, 2.24) is 20.2 Å². The molecule has 23 heavy (non-hydrogen) atoms. The standard InChI is InChI=1S/C14H18ClN5O3/c1-19(3-4-21-2)14-16-17-18-20(14)9-10-7-11(15)13-12(8-10)22-5-6-23-13/h7-8H,3-6,9H2,1-2H3. The lowest BCUT2D eigenvalue weighted by molar-refractivity contribution is 0.171. The fourth-order valence-corrected chi connectivity index (χ4v) is 2.62. The highest BCUT2D eigenvalue weighted by Crippen LogP contribution is 2.38. The molecule has 0 spiro atoms. The Morgan fingerprint density at radius 1 is 1.35 bits per heavy atom. The van der Waals surface area contributed by atoms with Gasteiger partial charge in [0.05, 0.1) is 18.2 Å². The molecule has 1 aliphatic heterocycles. The van der Waals surface area contributed by atoms with Crippen LogP contribution in [0.1, 0.15) is 5.56 Å². The summed E-state index contributed by atoms with van der Waals surface area (Å²) in [5.74, 6) is 1.91. The maximum Gasteiger partial charge on any atom is 0.245 e. The molecule has 2 heterocycles. The van der Waals surface area contributed by atoms with Crippen LogP contribution >= 0.6 is 11.6 Å². The summed E-state index contributed by atoms with van der Waals surface area (Å²) in [6.07, 6.45) is 0. The van der Waals surface area contributed by atoms with Crippen LogP contribution in [0, 0.1) is 0 Å². The number of fused-ring (bicyclic) bond motifs is 1. The molecule has 0 saturated heterocycles. The predicted octanol–water partition coefficient (Wildman–Crippen LogP) is 1.23. The van der Waals surface area contributed by atoms with Crippen LogP contribution < -0.4 is 14.4 Å². The Morgan fingerprint density at radius 3 is 3.00 bits per heavy atom. The van der Waals surface area contributed by atoms with Gasteiger partial charge in [0, 0.05) is 20.7 Å². The van der Waals surface area contributed by atoms with E-state index in [-0.39, 0.29) is 0 Å². The second kappa shape index (κ2) is 7.01. The van der Waals surface area contributed by atoms with Gasteiger partial charge in [0.15, 0.2) is 11.5 Å². The number of aromatic nitrogens is 4. The molecule has 124 valence electrons. The smallest absolute Gasteiger partial charge is 0.245 e. The molecular weight excluding hydrogens is 322 g/mol. The van der Waals surface area contributed by atoms with Gasteiger partial charge < -0.3 is 19.1 Å². The Hall–Kier alpha value is -2.06. The lowest BCUT2D eigenvalue weighted by Crippen LogP contribution is -2.26. The molecule has 2 aromatic rings. The summed E-state index contributed by atoms with van der Waals surface area (Å²) in [6, 6.07) is 3.75. The van der Waals surface area contributed by atoms with Gasteiger partial charge in [-0.25, -0.2) is 4.68 Å². The molecule has 9 heteroatoms. The fraction of sp³-hybridized carbons (Fsp3) is 0.500. The number of hydrogen-bond acceptors (Lipinski definition) is 7. The van der Waals surface area contributed by atoms with E-state index in [9.17, 15) is 0 Å². The predicted molar refractivity (Wildman–Crippen MR) is 84.5 cm³/mol. The number of benzene rings is 1. The van der Waals surface area contributed by atoms with Crippen molar-refractivity contribution >= 4 is 17.5 Å². The summed E-state index contributed by atoms with van der Waals surface area (Å²) in [5.41, 5.74) is 0.938. The van der Waals surface area contributed by atoms with Gasteiger partial charge in [-0.3, -0.25) is 0 Å². The molecule has 0 saturated carbocycles. The summed E-state index contributed by atoms with van der Waals surface area (Å²) in [7, 11) is 3.58. The lowest BCUT2D eigenvalue weighted by atomic mass is 10.2. The van der Waals surface area contributed by atoms with Crippen molar-refractivity contribution in [3.05, 3.63) is 22.7 Å². The summed E-state index contributed by atoms with van der Waals surface area (Å²) in [4.78, 5) is 1.93. The number of ether oxygens (including phenoxy) is 3. The zero-order valence-corrected chi connectivity index (χ0v) is 13.8. The molecule has 0 amide bonds. The topological polar surface area (TPSA) is 74.5 Å². The van der Waals surface area contributed by atoms with Gasteiger partial charge >= 0.3 is 0 Å². The Morgan fingerprint density at radius 2 is 2.17 bits per heavy atom. The van der Waals surface area contributed by atoms with Crippen LogP contribution in [-0.4, -0.2) is 60.7 Å². The third-order valence-corrected chi connectivity index (χ3v) is 3.75. The van der Waals surface area contributed by atoms with Gasteiger partial charge in [0.25, 0.3) is 0 Å². The minimum Gasteiger partial charge on any atom is -0.486 e. The minimum atomic E-state index is 0.482. The van der Waals surface area contributed by atoms with Crippen molar-refractivity contribution in [3.63, 3.8) is 0 Å². The third kappa shape index (κ3) is 3.48. The third-order valence-electron chi connectivity index (χ3n) is 3.47. The Bertz CT molecular complexity index is 678. The molecule has 0 fully saturated rings. The number of likely N-dealkylation sites (N-methyl/N-ethyl adjacent to an activating group) is 1. The number of tetrazole rings is 1. The zero-order chi connectivity index (χ0) is 16.2. The number of anilines is 1. The monoisotopic (exact) mass is 339 g/mol. The Labute approximate surface area is 138 Å². The van der Waals surface area contributed by atoms with E-state index in [1.54, 1.807) is 11.8 Å². The van der Waals surface area contributed by atoms with Gasteiger partial charge in [-0.1, -0.05) is 16.7 Å². The molecule has 0 aliphatic carbocycles. The van der Waals surface area contributed by atoms with E-state index in [0.717, 1.165) is 5.56 Å². The first-order valence-corrected chi connectivity index (χ1v) is 7.61. The Balaban J connectivity index is 1.80. The van der Waals surface area contributed by atoms with E-state index in [0.29, 0.717) is 55.4 Å². The number of methoxy groups -OCH3 is 1. The lowest BCUT2D eigenvalue weighted by Gasteiger charge is -2.21. The summed E-state index contributed by atoms with van der Waals surface area (Å²) in [5, 5.41) is 12.4. The molecule has 0 radical (unpaired) electrons. The van der Waals surface area contributed by atoms with Gasteiger partial charge in [0.2, 0.25) is 5.95 Å². The van der Waals surface area contributed by atoms with Crippen LogP contribution in [0.4, 0.5) is 5.95 Å². The molecule has 0 bridgehead atoms. The zero-order valence-electron chi connectivity index (χ0n) is 13.0. The minimum absolute atomic E-state index is 0.482. The summed E-state index contributed by atoms with van der Waals surface area (Å²) < 4.78 is 17.9. The van der Waals surface area contributed by atoms with Crippen LogP contribution in [-0.2, 0) is 11.3 Å². The molecule has 0 unspecified atom stereocenters. The Kier molecular flexibility index (Phi) is 4.82. The molecule has 8 nitrogen and oxygen atoms in total. The number of hydrogen-bond donors (Lipinski definition) is 0. The average molecular weight is 340 g/mol. The molecule has 1 aliphatic rings. The van der Waals surface area contributed by atoms with Crippen molar-refractivity contribution in [2.45, 2.75) is 6.54 Å². The van der Waals surface area contributed by atoms with Crippen LogP contribution in [0.2, 0.25) is 5.02 Å². The summed E-state index contributed by atoms with van der Waals surface area (Å²) >= 11 is 6.27. The SMILES string of the molecule is COCCN(C)c1nnnn1Cc1cc(Cl)c2c(c1)OCCO2. The number of halogens is 1. The molecular formula is C14H18ClN5O3. The first kappa shape index (κ1) is 15.8. The highest BCUT2D eigenvalue weighted by molar-refractivity contribution is 6.32. The molecule has 1 aromatic carbocycles. The molecule has 0 N–H and O–H groups in total. The van der Waals surface area contributed by atoms with Crippen LogP contribution in [0.15, 0.2) is 12.1 Å². The maximum atomic E-state index is 6.27. The van der Waals surface area contributed by atoms with E-state index in [1.165, 1.54) is 0 Å². The second-order valence-corrected chi connectivity index (χ2v) is 5.56. The number of rotatable bonds is 6. The van der Waals surface area contributed by atoms with Crippen LogP contribution in [0.3, 0.4) is 0 Å². The molecule has 3 rings (SSSR count). The second-order valence-electron chi connectivity index (χ2n) is 5.15. The van der Waals surface area contributed by atoms with Crippen LogP contribution in [0.25, 0.3) is 0 Å². The van der Waals surface area contributed by atoms with E-state index < -0.39 is 0 Å². The maximum absolute atomic E-state index is 6.27. The molecule has 1 aromatic heterocycles. The number of nitrogens with zero attached hydrogens (tertiary/aromatic N) is 5. The normalized spacial score (nSPS) is 13.2. The first-order chi connectivity index (χ1) is 11.2. The summed E-state index contributed by atoms with van der Waals surface area (Å²) in [6.45, 7) is 2.80. The van der Waals surface area contributed by atoms with Gasteiger partial charge in [-0.05, 0) is 28.1 Å². The van der Waals surface area contributed by atoms with Crippen molar-refractivity contribution in [2.75, 3.05) is 45.4 Å². The average Bonchev–Trinajstić information content (AvgIpc) is 3.01. The van der Waals surface area contributed by atoms with E-state index in [4.69, 9.17) is 25.8 Å². The first-order valence-electron chi connectivity index (χ1n) is 7.23. The highest BCUT2D eigenvalue weighted by Gasteiger charge is 2.18. The van der Waals surface area contributed by atoms with E-state index in [1.807, 2.05) is 24.1 Å². The quantitative estimate of drug-likeness (QED) is 0.783. The van der Waals surface area contributed by atoms with E-state index >= 15 is 0 Å². The van der Waals surface area contributed by atoms with Gasteiger partial charge in [-0.2, -0.15) is 0 Å². The highest BCUT2D eigenvalue weighted by atomic mass is 35.5. The van der Waals surface area contributed by atoms with Crippen LogP contribution in [0.5, 0.6) is 11.5 Å². The molecule has 0 atom stereocenters. The van der Waals surface area contributed by atoms with Gasteiger partial charge in [0.1, 0.15) is 13.2 Å².